The minimum absolute atomic E-state index is 0.547. The number of hydrogen-bond donors (Lipinski definition) is 1. The molecule has 0 aliphatic carbocycles. The van der Waals surface area contributed by atoms with E-state index < -0.39 is 0 Å². The van der Waals surface area contributed by atoms with Crippen LogP contribution in [0, 0.1) is 0 Å². The van der Waals surface area contributed by atoms with Crippen LogP contribution in [-0.2, 0) is 0 Å². The van der Waals surface area contributed by atoms with Crippen LogP contribution in [0.25, 0.3) is 5.65 Å². The molecule has 0 unspecified atom stereocenters. The molecule has 0 bridgehead atoms. The van der Waals surface area contributed by atoms with Gasteiger partial charge in [0.05, 0.1) is 6.20 Å². The normalized spacial score (nSPS) is 17.9. The lowest BCUT2D eigenvalue weighted by Gasteiger charge is -2.32. The molecule has 1 saturated heterocycles. The Kier molecular flexibility index (Phi) is 3.64. The van der Waals surface area contributed by atoms with E-state index in [0.29, 0.717) is 6.04 Å². The van der Waals surface area contributed by atoms with Crippen LogP contribution in [0.1, 0.15) is 26.2 Å². The van der Waals surface area contributed by atoms with Crippen molar-refractivity contribution in [1.29, 1.82) is 0 Å². The summed E-state index contributed by atoms with van der Waals surface area (Å²) in [6, 6.07) is 4.47. The standard InChI is InChI=1S/C14H21N5/c1-2-8-18-9-4-12(5-10-18)16-13-6-11-19-14(17-13)3-7-15-19/h3,6-7,11-12H,2,4-5,8-10H2,1H3,(H,16,17). The molecular weight excluding hydrogens is 238 g/mol. The molecule has 5 nitrogen and oxygen atoms in total. The van der Waals surface area contributed by atoms with Gasteiger partial charge in [-0.2, -0.15) is 5.10 Å². The maximum Gasteiger partial charge on any atom is 0.157 e. The molecule has 19 heavy (non-hydrogen) atoms. The Hall–Kier alpha value is -1.62. The third-order valence-electron chi connectivity index (χ3n) is 3.74. The van der Waals surface area contributed by atoms with Gasteiger partial charge in [-0.25, -0.2) is 9.50 Å². The van der Waals surface area contributed by atoms with Gasteiger partial charge in [0.25, 0.3) is 0 Å². The molecular formula is C14H21N5. The van der Waals surface area contributed by atoms with E-state index >= 15 is 0 Å². The highest BCUT2D eigenvalue weighted by atomic mass is 15.2. The zero-order valence-corrected chi connectivity index (χ0v) is 11.4. The Morgan fingerprint density at radius 3 is 2.95 bits per heavy atom. The van der Waals surface area contributed by atoms with Crippen LogP contribution in [0.3, 0.4) is 0 Å². The van der Waals surface area contributed by atoms with Gasteiger partial charge in [-0.3, -0.25) is 0 Å². The Labute approximate surface area is 113 Å². The van der Waals surface area contributed by atoms with Crippen molar-refractivity contribution in [3.05, 3.63) is 24.5 Å². The molecule has 2 aromatic rings. The molecule has 3 heterocycles. The number of piperidine rings is 1. The van der Waals surface area contributed by atoms with Crippen molar-refractivity contribution in [2.45, 2.75) is 32.2 Å². The molecule has 1 fully saturated rings. The molecule has 0 saturated carbocycles. The van der Waals surface area contributed by atoms with Gasteiger partial charge in [-0.05, 0) is 31.9 Å². The molecule has 5 heteroatoms. The van der Waals surface area contributed by atoms with E-state index in [-0.39, 0.29) is 0 Å². The number of nitrogens with one attached hydrogen (secondary N) is 1. The summed E-state index contributed by atoms with van der Waals surface area (Å²) < 4.78 is 1.79. The fourth-order valence-corrected chi connectivity index (χ4v) is 2.72. The van der Waals surface area contributed by atoms with Gasteiger partial charge in [-0.15, -0.1) is 0 Å². The number of hydrogen-bond acceptors (Lipinski definition) is 4. The minimum atomic E-state index is 0.547. The Balaban J connectivity index is 1.59. The molecule has 102 valence electrons. The van der Waals surface area contributed by atoms with Crippen molar-refractivity contribution < 1.29 is 0 Å². The van der Waals surface area contributed by atoms with Crippen LogP contribution >= 0.6 is 0 Å². The quantitative estimate of drug-likeness (QED) is 0.912. The average Bonchev–Trinajstić information content (AvgIpc) is 2.89. The second-order valence-electron chi connectivity index (χ2n) is 5.21. The molecule has 0 spiro atoms. The van der Waals surface area contributed by atoms with E-state index in [9.17, 15) is 0 Å². The largest absolute Gasteiger partial charge is 0.367 e. The number of likely N-dealkylation sites (tertiary alicyclic amines) is 1. The van der Waals surface area contributed by atoms with E-state index in [1.807, 2.05) is 18.3 Å². The van der Waals surface area contributed by atoms with Crippen LogP contribution in [0.5, 0.6) is 0 Å². The highest BCUT2D eigenvalue weighted by Crippen LogP contribution is 2.15. The van der Waals surface area contributed by atoms with E-state index in [0.717, 1.165) is 11.5 Å². The number of nitrogens with zero attached hydrogens (tertiary/aromatic N) is 4. The average molecular weight is 259 g/mol. The van der Waals surface area contributed by atoms with Gasteiger partial charge in [0, 0.05) is 31.4 Å². The first-order valence-electron chi connectivity index (χ1n) is 7.14. The topological polar surface area (TPSA) is 45.5 Å². The maximum absolute atomic E-state index is 4.56. The summed E-state index contributed by atoms with van der Waals surface area (Å²) in [5, 5.41) is 7.70. The van der Waals surface area contributed by atoms with Gasteiger partial charge in [0.15, 0.2) is 5.65 Å². The molecule has 0 amide bonds. The Morgan fingerprint density at radius 2 is 2.16 bits per heavy atom. The summed E-state index contributed by atoms with van der Waals surface area (Å²) >= 11 is 0. The lowest BCUT2D eigenvalue weighted by atomic mass is 10.0. The zero-order chi connectivity index (χ0) is 13.1. The van der Waals surface area contributed by atoms with Crippen molar-refractivity contribution in [2.24, 2.45) is 0 Å². The molecule has 0 radical (unpaired) electrons. The molecule has 1 aliphatic rings. The predicted octanol–water partition coefficient (Wildman–Crippen LogP) is 2.02. The van der Waals surface area contributed by atoms with Crippen molar-refractivity contribution in [3.63, 3.8) is 0 Å². The number of rotatable bonds is 4. The summed E-state index contributed by atoms with van der Waals surface area (Å²) in [5.41, 5.74) is 0.897. The Morgan fingerprint density at radius 1 is 1.32 bits per heavy atom. The lowest BCUT2D eigenvalue weighted by molar-refractivity contribution is 0.219. The van der Waals surface area contributed by atoms with Crippen LogP contribution in [0.15, 0.2) is 24.5 Å². The summed E-state index contributed by atoms with van der Waals surface area (Å²) in [5.74, 6) is 0.960. The van der Waals surface area contributed by atoms with Crippen LogP contribution < -0.4 is 5.32 Å². The minimum Gasteiger partial charge on any atom is -0.367 e. The predicted molar refractivity (Wildman–Crippen MR) is 76.4 cm³/mol. The second kappa shape index (κ2) is 5.57. The third-order valence-corrected chi connectivity index (χ3v) is 3.74. The second-order valence-corrected chi connectivity index (χ2v) is 5.21. The summed E-state index contributed by atoms with van der Waals surface area (Å²) in [4.78, 5) is 7.11. The van der Waals surface area contributed by atoms with Gasteiger partial charge in [0.2, 0.25) is 0 Å². The highest BCUT2D eigenvalue weighted by Gasteiger charge is 2.18. The van der Waals surface area contributed by atoms with Gasteiger partial charge in [0.1, 0.15) is 5.82 Å². The molecule has 1 N–H and O–H groups in total. The number of fused-ring (bicyclic) bond motifs is 1. The third kappa shape index (κ3) is 2.87. The van der Waals surface area contributed by atoms with Crippen LogP contribution in [0.4, 0.5) is 5.82 Å². The lowest BCUT2D eigenvalue weighted by Crippen LogP contribution is -2.39. The SMILES string of the molecule is CCCN1CCC(Nc2ccn3nccc3n2)CC1. The van der Waals surface area contributed by atoms with E-state index in [4.69, 9.17) is 0 Å². The Bertz CT molecular complexity index is 527. The summed E-state index contributed by atoms with van der Waals surface area (Å²) in [6.45, 7) is 5.86. The fourth-order valence-electron chi connectivity index (χ4n) is 2.72. The summed E-state index contributed by atoms with van der Waals surface area (Å²) in [6.07, 6.45) is 7.38. The highest BCUT2D eigenvalue weighted by molar-refractivity contribution is 5.45. The first kappa shape index (κ1) is 12.4. The van der Waals surface area contributed by atoms with Gasteiger partial charge in [-0.1, -0.05) is 6.92 Å². The van der Waals surface area contributed by atoms with Gasteiger partial charge < -0.3 is 10.2 Å². The molecule has 2 aromatic heterocycles. The van der Waals surface area contributed by atoms with E-state index in [1.165, 1.54) is 38.9 Å². The van der Waals surface area contributed by atoms with Crippen molar-refractivity contribution in [1.82, 2.24) is 19.5 Å². The van der Waals surface area contributed by atoms with Crippen molar-refractivity contribution in [2.75, 3.05) is 25.0 Å². The van der Waals surface area contributed by atoms with Crippen LogP contribution in [-0.4, -0.2) is 45.2 Å². The first-order valence-corrected chi connectivity index (χ1v) is 7.14. The number of aromatic nitrogens is 3. The molecule has 3 rings (SSSR count). The number of anilines is 1. The van der Waals surface area contributed by atoms with Crippen molar-refractivity contribution >= 4 is 11.5 Å². The fraction of sp³-hybridized carbons (Fsp3) is 0.571. The van der Waals surface area contributed by atoms with E-state index in [2.05, 4.69) is 27.2 Å². The molecule has 1 aliphatic heterocycles. The van der Waals surface area contributed by atoms with Crippen LogP contribution in [0.2, 0.25) is 0 Å². The smallest absolute Gasteiger partial charge is 0.157 e. The monoisotopic (exact) mass is 259 g/mol. The molecule has 0 aromatic carbocycles. The van der Waals surface area contributed by atoms with Gasteiger partial charge >= 0.3 is 0 Å². The van der Waals surface area contributed by atoms with E-state index in [1.54, 1.807) is 10.7 Å². The molecule has 0 atom stereocenters. The van der Waals surface area contributed by atoms with Crippen molar-refractivity contribution in [3.8, 4) is 0 Å². The maximum atomic E-state index is 4.56. The zero-order valence-electron chi connectivity index (χ0n) is 11.4. The summed E-state index contributed by atoms with van der Waals surface area (Å²) in [7, 11) is 0. The first-order chi connectivity index (χ1) is 9.35.